The third-order valence-electron chi connectivity index (χ3n) is 4.42. The third kappa shape index (κ3) is 5.11. The van der Waals surface area contributed by atoms with Gasteiger partial charge in [-0.15, -0.1) is 0 Å². The van der Waals surface area contributed by atoms with Crippen LogP contribution in [0, 0.1) is 13.8 Å². The van der Waals surface area contributed by atoms with Crippen molar-refractivity contribution in [1.29, 1.82) is 0 Å². The molecule has 0 heterocycles. The van der Waals surface area contributed by atoms with Crippen molar-refractivity contribution in [2.24, 2.45) is 0 Å². The van der Waals surface area contributed by atoms with Gasteiger partial charge < -0.3 is 15.2 Å². The molecule has 0 aromatic heterocycles. The van der Waals surface area contributed by atoms with Crippen molar-refractivity contribution in [1.82, 2.24) is 0 Å². The Morgan fingerprint density at radius 3 is 2.26 bits per heavy atom. The van der Waals surface area contributed by atoms with E-state index in [1.165, 1.54) is 5.56 Å². The van der Waals surface area contributed by atoms with Crippen LogP contribution in [0.3, 0.4) is 0 Å². The molecule has 0 atom stereocenters. The number of ether oxygens (including phenoxy) is 1. The van der Waals surface area contributed by atoms with E-state index in [2.05, 4.69) is 36.5 Å². The summed E-state index contributed by atoms with van der Waals surface area (Å²) in [4.78, 5) is 11.1. The van der Waals surface area contributed by atoms with E-state index in [0.717, 1.165) is 28.1 Å². The second-order valence-corrected chi connectivity index (χ2v) is 6.61. The van der Waals surface area contributed by atoms with Crippen LogP contribution in [0.15, 0.2) is 66.7 Å². The van der Waals surface area contributed by atoms with Crippen LogP contribution in [0.2, 0.25) is 0 Å². The van der Waals surface area contributed by atoms with E-state index >= 15 is 0 Å². The monoisotopic (exact) mass is 361 g/mol. The van der Waals surface area contributed by atoms with Gasteiger partial charge in [0.05, 0.1) is 5.56 Å². The molecule has 27 heavy (non-hydrogen) atoms. The smallest absolute Gasteiger partial charge is 0.335 e. The van der Waals surface area contributed by atoms with Crippen molar-refractivity contribution in [2.45, 2.75) is 27.0 Å². The average molecular weight is 361 g/mol. The molecule has 4 nitrogen and oxygen atoms in total. The molecule has 0 unspecified atom stereocenters. The van der Waals surface area contributed by atoms with Crippen molar-refractivity contribution in [3.8, 4) is 5.75 Å². The molecule has 0 aliphatic rings. The van der Waals surface area contributed by atoms with Crippen molar-refractivity contribution in [2.75, 3.05) is 5.32 Å². The first-order valence-electron chi connectivity index (χ1n) is 8.86. The molecule has 138 valence electrons. The van der Waals surface area contributed by atoms with Gasteiger partial charge in [-0.05, 0) is 54.8 Å². The van der Waals surface area contributed by atoms with E-state index in [4.69, 9.17) is 9.84 Å². The zero-order valence-electron chi connectivity index (χ0n) is 15.5. The van der Waals surface area contributed by atoms with Crippen molar-refractivity contribution >= 4 is 11.7 Å². The molecule has 3 aromatic rings. The number of carbonyl (C=O) groups is 1. The van der Waals surface area contributed by atoms with Crippen LogP contribution in [0.4, 0.5) is 5.69 Å². The number of aromatic carboxylic acids is 1. The van der Waals surface area contributed by atoms with Gasteiger partial charge in [0.25, 0.3) is 0 Å². The van der Waals surface area contributed by atoms with Gasteiger partial charge in [-0.2, -0.15) is 0 Å². The van der Waals surface area contributed by atoms with E-state index in [-0.39, 0.29) is 5.56 Å². The molecule has 0 aliphatic heterocycles. The fourth-order valence-corrected chi connectivity index (χ4v) is 2.70. The molecular formula is C23H23NO3. The standard InChI is InChI=1S/C23H23NO3/c1-16-3-6-19(7-4-16)15-27-21-11-8-18(9-12-21)14-24-22-13-20(23(25)26)10-5-17(22)2/h3-13,24H,14-15H2,1-2H3,(H,25,26). The molecule has 0 fully saturated rings. The van der Waals surface area contributed by atoms with Crippen molar-refractivity contribution in [3.05, 3.63) is 94.5 Å². The second kappa shape index (κ2) is 8.41. The van der Waals surface area contributed by atoms with E-state index < -0.39 is 5.97 Å². The minimum absolute atomic E-state index is 0.281. The number of carboxylic acid groups (broad SMARTS) is 1. The Hall–Kier alpha value is -3.27. The SMILES string of the molecule is Cc1ccc(COc2ccc(CNc3cc(C(=O)O)ccc3C)cc2)cc1. The number of hydrogen-bond donors (Lipinski definition) is 2. The Bertz CT molecular complexity index is 915. The van der Waals surface area contributed by atoms with Gasteiger partial charge in [-0.25, -0.2) is 4.79 Å². The number of carboxylic acids is 1. The van der Waals surface area contributed by atoms with E-state index in [9.17, 15) is 4.79 Å². The Morgan fingerprint density at radius 2 is 1.59 bits per heavy atom. The Kier molecular flexibility index (Phi) is 5.77. The maximum Gasteiger partial charge on any atom is 0.335 e. The first-order chi connectivity index (χ1) is 13.0. The van der Waals surface area contributed by atoms with E-state index in [0.29, 0.717) is 13.2 Å². The molecule has 0 radical (unpaired) electrons. The molecule has 0 amide bonds. The highest BCUT2D eigenvalue weighted by Gasteiger charge is 2.06. The van der Waals surface area contributed by atoms with Crippen LogP contribution < -0.4 is 10.1 Å². The maximum atomic E-state index is 11.1. The fourth-order valence-electron chi connectivity index (χ4n) is 2.70. The molecule has 4 heteroatoms. The summed E-state index contributed by atoms with van der Waals surface area (Å²) in [6.07, 6.45) is 0. The van der Waals surface area contributed by atoms with Crippen LogP contribution in [0.25, 0.3) is 0 Å². The number of benzene rings is 3. The first-order valence-corrected chi connectivity index (χ1v) is 8.86. The number of nitrogens with one attached hydrogen (secondary N) is 1. The normalized spacial score (nSPS) is 10.4. The lowest BCUT2D eigenvalue weighted by molar-refractivity contribution is 0.0697. The first kappa shape index (κ1) is 18.5. The van der Waals surface area contributed by atoms with Gasteiger partial charge in [0.15, 0.2) is 0 Å². The fraction of sp³-hybridized carbons (Fsp3) is 0.174. The summed E-state index contributed by atoms with van der Waals surface area (Å²) in [7, 11) is 0. The summed E-state index contributed by atoms with van der Waals surface area (Å²) < 4.78 is 5.83. The Labute approximate surface area is 159 Å². The number of hydrogen-bond acceptors (Lipinski definition) is 3. The van der Waals surface area contributed by atoms with Crippen LogP contribution in [0.1, 0.15) is 32.6 Å². The van der Waals surface area contributed by atoms with Crippen molar-refractivity contribution < 1.29 is 14.6 Å². The number of anilines is 1. The van der Waals surface area contributed by atoms with Gasteiger partial charge in [0.2, 0.25) is 0 Å². The third-order valence-corrected chi connectivity index (χ3v) is 4.42. The highest BCUT2D eigenvalue weighted by atomic mass is 16.5. The summed E-state index contributed by atoms with van der Waals surface area (Å²) in [5.74, 6) is -0.100. The highest BCUT2D eigenvalue weighted by molar-refractivity contribution is 5.89. The van der Waals surface area contributed by atoms with Gasteiger partial charge in [-0.3, -0.25) is 0 Å². The molecule has 3 rings (SSSR count). The number of rotatable bonds is 7. The molecular weight excluding hydrogens is 338 g/mol. The summed E-state index contributed by atoms with van der Waals surface area (Å²) in [5, 5.41) is 12.4. The lowest BCUT2D eigenvalue weighted by Gasteiger charge is -2.11. The van der Waals surface area contributed by atoms with Gasteiger partial charge >= 0.3 is 5.97 Å². The Morgan fingerprint density at radius 1 is 0.926 bits per heavy atom. The molecule has 0 aliphatic carbocycles. The molecule has 0 spiro atoms. The minimum Gasteiger partial charge on any atom is -0.489 e. The summed E-state index contributed by atoms with van der Waals surface area (Å²) >= 11 is 0. The van der Waals surface area contributed by atoms with Gasteiger partial charge in [-0.1, -0.05) is 48.0 Å². The van der Waals surface area contributed by atoms with Crippen LogP contribution in [-0.2, 0) is 13.2 Å². The van der Waals surface area contributed by atoms with E-state index in [1.54, 1.807) is 12.1 Å². The molecule has 3 aromatic carbocycles. The predicted octanol–water partition coefficient (Wildman–Crippen LogP) is 5.19. The summed E-state index contributed by atoms with van der Waals surface area (Å²) in [6.45, 7) is 5.17. The zero-order valence-corrected chi connectivity index (χ0v) is 15.5. The topological polar surface area (TPSA) is 58.6 Å². The largest absolute Gasteiger partial charge is 0.489 e. The maximum absolute atomic E-state index is 11.1. The van der Waals surface area contributed by atoms with Gasteiger partial charge in [0.1, 0.15) is 12.4 Å². The average Bonchev–Trinajstić information content (AvgIpc) is 2.67. The Balaban J connectivity index is 1.57. The zero-order chi connectivity index (χ0) is 19.2. The minimum atomic E-state index is -0.923. The van der Waals surface area contributed by atoms with Crippen LogP contribution in [0.5, 0.6) is 5.75 Å². The molecule has 2 N–H and O–H groups in total. The summed E-state index contributed by atoms with van der Waals surface area (Å²) in [5.41, 5.74) is 5.59. The molecule has 0 bridgehead atoms. The molecule has 0 saturated heterocycles. The quantitative estimate of drug-likeness (QED) is 0.608. The second-order valence-electron chi connectivity index (χ2n) is 6.61. The lowest BCUT2D eigenvalue weighted by Crippen LogP contribution is -2.04. The highest BCUT2D eigenvalue weighted by Crippen LogP contribution is 2.19. The predicted molar refractivity (Wildman–Crippen MR) is 107 cm³/mol. The molecule has 0 saturated carbocycles. The summed E-state index contributed by atoms with van der Waals surface area (Å²) in [6, 6.07) is 21.3. The van der Waals surface area contributed by atoms with Crippen molar-refractivity contribution in [3.63, 3.8) is 0 Å². The van der Waals surface area contributed by atoms with E-state index in [1.807, 2.05) is 37.3 Å². The van der Waals surface area contributed by atoms with Crippen LogP contribution >= 0.6 is 0 Å². The lowest BCUT2D eigenvalue weighted by atomic mass is 10.1. The van der Waals surface area contributed by atoms with Crippen LogP contribution in [-0.4, -0.2) is 11.1 Å². The number of aryl methyl sites for hydroxylation is 2. The van der Waals surface area contributed by atoms with Gasteiger partial charge in [0, 0.05) is 12.2 Å².